The van der Waals surface area contributed by atoms with Crippen LogP contribution < -0.4 is 10.5 Å². The van der Waals surface area contributed by atoms with Gasteiger partial charge in [0.1, 0.15) is 5.75 Å². The topological polar surface area (TPSA) is 72.6 Å². The maximum absolute atomic E-state index is 12.2. The van der Waals surface area contributed by atoms with E-state index in [4.69, 9.17) is 10.5 Å². The molecule has 1 aromatic carbocycles. The van der Waals surface area contributed by atoms with E-state index < -0.39 is 23.0 Å². The van der Waals surface area contributed by atoms with Crippen LogP contribution in [0.1, 0.15) is 6.42 Å². The number of hydrogen-bond acceptors (Lipinski definition) is 4. The smallest absolute Gasteiger partial charge is 0.252 e. The van der Waals surface area contributed by atoms with Crippen molar-refractivity contribution in [2.75, 3.05) is 26.7 Å². The Morgan fingerprint density at radius 1 is 1.30 bits per heavy atom. The molecule has 0 saturated carbocycles. The van der Waals surface area contributed by atoms with Gasteiger partial charge in [0.25, 0.3) is 6.43 Å². The van der Waals surface area contributed by atoms with Crippen LogP contribution in [-0.4, -0.2) is 45.9 Å². The van der Waals surface area contributed by atoms with Gasteiger partial charge in [-0.3, -0.25) is 0 Å². The Bertz CT molecular complexity index is 506. The highest BCUT2D eigenvalue weighted by Gasteiger charge is 2.23. The first kappa shape index (κ1) is 16.8. The summed E-state index contributed by atoms with van der Waals surface area (Å²) in [5.41, 5.74) is 5.32. The van der Waals surface area contributed by atoms with Crippen LogP contribution in [0, 0.1) is 0 Å². The zero-order valence-electron chi connectivity index (χ0n) is 11.1. The third kappa shape index (κ3) is 4.69. The van der Waals surface area contributed by atoms with E-state index in [1.165, 1.54) is 24.3 Å². The van der Waals surface area contributed by atoms with Crippen molar-refractivity contribution >= 4 is 10.0 Å². The molecule has 2 N–H and O–H groups in total. The van der Waals surface area contributed by atoms with E-state index in [1.54, 1.807) is 0 Å². The first-order valence-electron chi connectivity index (χ1n) is 6.05. The van der Waals surface area contributed by atoms with E-state index in [2.05, 4.69) is 0 Å². The number of nitrogens with two attached hydrogens (primary N) is 1. The van der Waals surface area contributed by atoms with Crippen LogP contribution in [0.15, 0.2) is 29.2 Å². The summed E-state index contributed by atoms with van der Waals surface area (Å²) in [5.74, 6) is 0.508. The van der Waals surface area contributed by atoms with E-state index in [1.807, 2.05) is 0 Å². The Labute approximate surface area is 117 Å². The average Bonchev–Trinajstić information content (AvgIpc) is 2.39. The second kappa shape index (κ2) is 7.51. The molecule has 114 valence electrons. The number of hydrogen-bond donors (Lipinski definition) is 1. The van der Waals surface area contributed by atoms with Gasteiger partial charge in [0.05, 0.1) is 18.0 Å². The minimum absolute atomic E-state index is 0.0492. The van der Waals surface area contributed by atoms with Crippen molar-refractivity contribution in [3.8, 4) is 5.75 Å². The number of ether oxygens (including phenoxy) is 1. The van der Waals surface area contributed by atoms with Crippen molar-refractivity contribution in [3.63, 3.8) is 0 Å². The largest absolute Gasteiger partial charge is 0.494 e. The zero-order valence-corrected chi connectivity index (χ0v) is 11.9. The molecule has 5 nitrogen and oxygen atoms in total. The quantitative estimate of drug-likeness (QED) is 0.735. The molecule has 20 heavy (non-hydrogen) atoms. The van der Waals surface area contributed by atoms with Crippen molar-refractivity contribution in [1.29, 1.82) is 0 Å². The van der Waals surface area contributed by atoms with E-state index in [-0.39, 0.29) is 4.90 Å². The predicted octanol–water partition coefficient (Wildman–Crippen LogP) is 1.30. The van der Waals surface area contributed by atoms with Crippen LogP contribution in [0.2, 0.25) is 0 Å². The van der Waals surface area contributed by atoms with Crippen LogP contribution in [-0.2, 0) is 10.0 Å². The molecular formula is C12H18F2N2O3S. The van der Waals surface area contributed by atoms with E-state index >= 15 is 0 Å². The van der Waals surface area contributed by atoms with Crippen molar-refractivity contribution in [1.82, 2.24) is 4.31 Å². The van der Waals surface area contributed by atoms with Gasteiger partial charge in [0.2, 0.25) is 10.0 Å². The lowest BCUT2D eigenvalue weighted by Crippen LogP contribution is -2.31. The third-order valence-electron chi connectivity index (χ3n) is 2.54. The molecule has 0 aliphatic carbocycles. The lowest BCUT2D eigenvalue weighted by molar-refractivity contribution is 0.126. The second-order valence-electron chi connectivity index (χ2n) is 4.14. The summed E-state index contributed by atoms with van der Waals surface area (Å²) < 4.78 is 54.4. The molecular weight excluding hydrogens is 290 g/mol. The molecule has 0 bridgehead atoms. The monoisotopic (exact) mass is 308 g/mol. The maximum atomic E-state index is 12.2. The highest BCUT2D eigenvalue weighted by Crippen LogP contribution is 2.19. The van der Waals surface area contributed by atoms with E-state index in [0.29, 0.717) is 29.6 Å². The molecule has 0 unspecified atom stereocenters. The summed E-state index contributed by atoms with van der Waals surface area (Å²) >= 11 is 0. The standard InChI is InChI=1S/C12H18F2N2O3S/c1-16(9-12(13)14)20(17,18)11-5-3-10(4-6-11)19-8-2-7-15/h3-6,12H,2,7-9,15H2,1H3. The zero-order chi connectivity index (χ0) is 15.2. The minimum Gasteiger partial charge on any atom is -0.494 e. The van der Waals surface area contributed by atoms with E-state index in [9.17, 15) is 17.2 Å². The van der Waals surface area contributed by atoms with Crippen LogP contribution in [0.5, 0.6) is 5.75 Å². The highest BCUT2D eigenvalue weighted by molar-refractivity contribution is 7.89. The average molecular weight is 308 g/mol. The van der Waals surface area contributed by atoms with Gasteiger partial charge >= 0.3 is 0 Å². The Hall–Kier alpha value is -1.25. The molecule has 0 aliphatic rings. The molecule has 0 atom stereocenters. The van der Waals surface area contributed by atoms with Crippen LogP contribution >= 0.6 is 0 Å². The van der Waals surface area contributed by atoms with Gasteiger partial charge in [-0.05, 0) is 37.2 Å². The Kier molecular flexibility index (Phi) is 6.31. The van der Waals surface area contributed by atoms with Gasteiger partial charge in [-0.25, -0.2) is 17.2 Å². The van der Waals surface area contributed by atoms with Crippen LogP contribution in [0.25, 0.3) is 0 Å². The molecule has 0 radical (unpaired) electrons. The summed E-state index contributed by atoms with van der Waals surface area (Å²) in [5, 5.41) is 0. The molecule has 1 rings (SSSR count). The molecule has 8 heteroatoms. The van der Waals surface area contributed by atoms with Crippen LogP contribution in [0.3, 0.4) is 0 Å². The summed E-state index contributed by atoms with van der Waals surface area (Å²) in [4.78, 5) is -0.0492. The highest BCUT2D eigenvalue weighted by atomic mass is 32.2. The number of alkyl halides is 2. The molecule has 0 amide bonds. The molecule has 0 heterocycles. The second-order valence-corrected chi connectivity index (χ2v) is 6.18. The van der Waals surface area contributed by atoms with Gasteiger partial charge in [-0.15, -0.1) is 0 Å². The summed E-state index contributed by atoms with van der Waals surface area (Å²) in [6, 6.07) is 5.63. The SMILES string of the molecule is CN(CC(F)F)S(=O)(=O)c1ccc(OCCCN)cc1. The molecule has 1 aromatic rings. The summed E-state index contributed by atoms with van der Waals surface area (Å²) in [6.07, 6.45) is -2.02. The van der Waals surface area contributed by atoms with Gasteiger partial charge < -0.3 is 10.5 Å². The van der Waals surface area contributed by atoms with Gasteiger partial charge in [-0.2, -0.15) is 4.31 Å². The summed E-state index contributed by atoms with van der Waals surface area (Å²) in [7, 11) is -2.78. The third-order valence-corrected chi connectivity index (χ3v) is 4.38. The molecule has 0 fully saturated rings. The molecule has 0 spiro atoms. The fourth-order valence-electron chi connectivity index (χ4n) is 1.45. The maximum Gasteiger partial charge on any atom is 0.252 e. The van der Waals surface area contributed by atoms with Crippen molar-refractivity contribution < 1.29 is 21.9 Å². The van der Waals surface area contributed by atoms with Gasteiger partial charge in [0.15, 0.2) is 0 Å². The van der Waals surface area contributed by atoms with Crippen molar-refractivity contribution in [2.24, 2.45) is 5.73 Å². The fraction of sp³-hybridized carbons (Fsp3) is 0.500. The molecule has 0 saturated heterocycles. The summed E-state index contributed by atoms with van der Waals surface area (Å²) in [6.45, 7) is 0.107. The first-order valence-corrected chi connectivity index (χ1v) is 7.49. The fourth-order valence-corrected chi connectivity index (χ4v) is 2.60. The Morgan fingerprint density at radius 2 is 1.90 bits per heavy atom. The van der Waals surface area contributed by atoms with Crippen LogP contribution in [0.4, 0.5) is 8.78 Å². The lowest BCUT2D eigenvalue weighted by atomic mass is 10.3. The molecule has 0 aliphatic heterocycles. The van der Waals surface area contributed by atoms with Crippen molar-refractivity contribution in [2.45, 2.75) is 17.7 Å². The number of sulfonamides is 1. The van der Waals surface area contributed by atoms with Crippen molar-refractivity contribution in [3.05, 3.63) is 24.3 Å². The number of benzene rings is 1. The van der Waals surface area contributed by atoms with E-state index in [0.717, 1.165) is 7.05 Å². The molecule has 0 aromatic heterocycles. The Morgan fingerprint density at radius 3 is 2.40 bits per heavy atom. The minimum atomic E-state index is -3.90. The number of rotatable bonds is 8. The first-order chi connectivity index (χ1) is 9.37. The number of nitrogens with zero attached hydrogens (tertiary/aromatic N) is 1. The Balaban J connectivity index is 2.76. The van der Waals surface area contributed by atoms with Gasteiger partial charge in [0, 0.05) is 7.05 Å². The predicted molar refractivity (Wildman–Crippen MR) is 71.4 cm³/mol. The number of halogens is 2. The van der Waals surface area contributed by atoms with Gasteiger partial charge in [-0.1, -0.05) is 0 Å². The lowest BCUT2D eigenvalue weighted by Gasteiger charge is -2.16. The normalized spacial score (nSPS) is 12.1.